The van der Waals surface area contributed by atoms with Crippen LogP contribution >= 0.6 is 0 Å². The van der Waals surface area contributed by atoms with Gasteiger partial charge in [0.25, 0.3) is 5.56 Å². The zero-order valence-corrected chi connectivity index (χ0v) is 12.6. The predicted molar refractivity (Wildman–Crippen MR) is 81.5 cm³/mol. The van der Waals surface area contributed by atoms with E-state index in [1.807, 2.05) is 6.08 Å². The number of hydrogen-bond acceptors (Lipinski definition) is 5. The molecule has 1 aromatic heterocycles. The van der Waals surface area contributed by atoms with Crippen LogP contribution in [0.3, 0.4) is 0 Å². The second-order valence-corrected chi connectivity index (χ2v) is 5.41. The van der Waals surface area contributed by atoms with Crippen molar-refractivity contribution < 1.29 is 14.9 Å². The first-order chi connectivity index (χ1) is 10.6. The number of hydrogen-bond donors (Lipinski definition) is 3. The Labute approximate surface area is 127 Å². The van der Waals surface area contributed by atoms with E-state index in [-0.39, 0.29) is 13.0 Å². The van der Waals surface area contributed by atoms with Crippen LogP contribution in [0.5, 0.6) is 0 Å². The highest BCUT2D eigenvalue weighted by atomic mass is 16.5. The first-order valence-corrected chi connectivity index (χ1v) is 7.53. The van der Waals surface area contributed by atoms with Crippen molar-refractivity contribution in [1.82, 2.24) is 9.55 Å². The molecular formula is C15H22N2O5. The lowest BCUT2D eigenvalue weighted by Crippen LogP contribution is -2.33. The summed E-state index contributed by atoms with van der Waals surface area (Å²) in [6.45, 7) is 1.76. The summed E-state index contributed by atoms with van der Waals surface area (Å²) in [5.41, 5.74) is -0.681. The van der Waals surface area contributed by atoms with Crippen LogP contribution in [0.4, 0.5) is 0 Å². The van der Waals surface area contributed by atoms with Crippen LogP contribution in [0.1, 0.15) is 44.4 Å². The number of allylic oxidation sites excluding steroid dienone is 1. The molecule has 1 aliphatic rings. The van der Waals surface area contributed by atoms with Crippen LogP contribution in [0.25, 0.3) is 6.08 Å². The van der Waals surface area contributed by atoms with Crippen molar-refractivity contribution in [2.75, 3.05) is 6.61 Å². The third kappa shape index (κ3) is 3.73. The SMILES string of the molecule is CCCC/C=C\c1cn([C@H]2C[C@H](O)[C@@H](CO)O2)c(=O)[nH]c1=O. The van der Waals surface area contributed by atoms with Gasteiger partial charge in [-0.1, -0.05) is 31.9 Å². The Morgan fingerprint density at radius 1 is 1.50 bits per heavy atom. The molecule has 0 aliphatic carbocycles. The molecule has 0 bridgehead atoms. The molecular weight excluding hydrogens is 288 g/mol. The van der Waals surface area contributed by atoms with Gasteiger partial charge in [0, 0.05) is 12.6 Å². The summed E-state index contributed by atoms with van der Waals surface area (Å²) in [5.74, 6) is 0. The summed E-state index contributed by atoms with van der Waals surface area (Å²) >= 11 is 0. The lowest BCUT2D eigenvalue weighted by molar-refractivity contribution is -0.0459. The number of aliphatic hydroxyl groups excluding tert-OH is 2. The number of unbranched alkanes of at least 4 members (excludes halogenated alkanes) is 2. The molecule has 122 valence electrons. The fourth-order valence-corrected chi connectivity index (χ4v) is 2.42. The Balaban J connectivity index is 2.24. The number of aliphatic hydroxyl groups is 2. The maximum absolute atomic E-state index is 11.9. The number of ether oxygens (including phenoxy) is 1. The van der Waals surface area contributed by atoms with E-state index in [2.05, 4.69) is 11.9 Å². The summed E-state index contributed by atoms with van der Waals surface area (Å²) in [6.07, 6.45) is 5.91. The van der Waals surface area contributed by atoms with Gasteiger partial charge in [-0.3, -0.25) is 14.3 Å². The minimum Gasteiger partial charge on any atom is -0.394 e. The average molecular weight is 310 g/mol. The van der Waals surface area contributed by atoms with Crippen LogP contribution in [0.2, 0.25) is 0 Å². The van der Waals surface area contributed by atoms with Gasteiger partial charge in [-0.25, -0.2) is 4.79 Å². The highest BCUT2D eigenvalue weighted by Gasteiger charge is 2.35. The van der Waals surface area contributed by atoms with E-state index in [9.17, 15) is 14.7 Å². The van der Waals surface area contributed by atoms with E-state index in [0.717, 1.165) is 19.3 Å². The highest BCUT2D eigenvalue weighted by molar-refractivity contribution is 5.46. The fraction of sp³-hybridized carbons (Fsp3) is 0.600. The van der Waals surface area contributed by atoms with Crippen LogP contribution in [-0.4, -0.2) is 38.6 Å². The number of aromatic amines is 1. The monoisotopic (exact) mass is 310 g/mol. The smallest absolute Gasteiger partial charge is 0.330 e. The average Bonchev–Trinajstić information content (AvgIpc) is 2.86. The summed E-state index contributed by atoms with van der Waals surface area (Å²) < 4.78 is 6.69. The summed E-state index contributed by atoms with van der Waals surface area (Å²) in [5, 5.41) is 18.8. The standard InChI is InChI=1S/C15H22N2O5/c1-2-3-4-5-6-10-8-17(15(21)16-14(10)20)13-7-11(19)12(9-18)22-13/h5-6,8,11-13,18-19H,2-4,7,9H2,1H3,(H,16,20,21)/b6-5-/t11-,12+,13+/m0/s1. The predicted octanol–water partition coefficient (Wildman–Crippen LogP) is 0.381. The molecule has 0 amide bonds. The number of nitrogens with one attached hydrogen (secondary N) is 1. The van der Waals surface area contributed by atoms with Crippen molar-refractivity contribution in [1.29, 1.82) is 0 Å². The van der Waals surface area contributed by atoms with E-state index in [0.29, 0.717) is 5.56 Å². The van der Waals surface area contributed by atoms with Gasteiger partial charge in [0.05, 0.1) is 18.3 Å². The van der Waals surface area contributed by atoms with Gasteiger partial charge < -0.3 is 14.9 Å². The zero-order valence-electron chi connectivity index (χ0n) is 12.6. The van der Waals surface area contributed by atoms with Gasteiger partial charge in [0.1, 0.15) is 12.3 Å². The molecule has 0 unspecified atom stereocenters. The van der Waals surface area contributed by atoms with Crippen molar-refractivity contribution in [2.24, 2.45) is 0 Å². The summed E-state index contributed by atoms with van der Waals surface area (Å²) in [7, 11) is 0. The molecule has 0 radical (unpaired) electrons. The van der Waals surface area contributed by atoms with E-state index >= 15 is 0 Å². The molecule has 1 aromatic rings. The Kier molecular flexibility index (Phi) is 5.70. The molecule has 0 spiro atoms. The molecule has 22 heavy (non-hydrogen) atoms. The van der Waals surface area contributed by atoms with Crippen LogP contribution in [0, 0.1) is 0 Å². The Morgan fingerprint density at radius 3 is 2.91 bits per heavy atom. The Bertz CT molecular complexity index is 634. The molecule has 0 aromatic carbocycles. The van der Waals surface area contributed by atoms with Crippen molar-refractivity contribution in [3.05, 3.63) is 38.7 Å². The van der Waals surface area contributed by atoms with Crippen molar-refractivity contribution in [2.45, 2.75) is 51.0 Å². The maximum Gasteiger partial charge on any atom is 0.330 e. The van der Waals surface area contributed by atoms with E-state index < -0.39 is 29.7 Å². The molecule has 7 nitrogen and oxygen atoms in total. The molecule has 0 saturated carbocycles. The van der Waals surface area contributed by atoms with Gasteiger partial charge in [0.2, 0.25) is 0 Å². The minimum absolute atomic E-state index is 0.191. The second kappa shape index (κ2) is 7.53. The summed E-state index contributed by atoms with van der Waals surface area (Å²) in [4.78, 5) is 26.0. The molecule has 3 N–H and O–H groups in total. The first kappa shape index (κ1) is 16.7. The van der Waals surface area contributed by atoms with Gasteiger partial charge in [0.15, 0.2) is 0 Å². The van der Waals surface area contributed by atoms with Gasteiger partial charge in [-0.15, -0.1) is 0 Å². The van der Waals surface area contributed by atoms with E-state index in [1.54, 1.807) is 6.08 Å². The number of rotatable bonds is 6. The lowest BCUT2D eigenvalue weighted by atomic mass is 10.2. The molecule has 1 fully saturated rings. The second-order valence-electron chi connectivity index (χ2n) is 5.41. The number of aromatic nitrogens is 2. The minimum atomic E-state index is -0.836. The molecule has 2 heterocycles. The molecule has 2 rings (SSSR count). The largest absolute Gasteiger partial charge is 0.394 e. The molecule has 3 atom stereocenters. The lowest BCUT2D eigenvalue weighted by Gasteiger charge is -2.14. The Hall–Kier alpha value is -1.70. The zero-order chi connectivity index (χ0) is 16.1. The van der Waals surface area contributed by atoms with Crippen LogP contribution in [0.15, 0.2) is 21.9 Å². The normalized spacial score (nSPS) is 25.1. The van der Waals surface area contributed by atoms with E-state index in [1.165, 1.54) is 10.8 Å². The number of H-pyrrole nitrogens is 1. The fourth-order valence-electron chi connectivity index (χ4n) is 2.42. The first-order valence-electron chi connectivity index (χ1n) is 7.53. The van der Waals surface area contributed by atoms with Crippen LogP contribution in [-0.2, 0) is 4.74 Å². The topological polar surface area (TPSA) is 105 Å². The maximum atomic E-state index is 11.9. The highest BCUT2D eigenvalue weighted by Crippen LogP contribution is 2.27. The van der Waals surface area contributed by atoms with Crippen LogP contribution < -0.4 is 11.2 Å². The quantitative estimate of drug-likeness (QED) is 0.659. The van der Waals surface area contributed by atoms with Crippen molar-refractivity contribution in [3.63, 3.8) is 0 Å². The van der Waals surface area contributed by atoms with E-state index in [4.69, 9.17) is 9.84 Å². The Morgan fingerprint density at radius 2 is 2.27 bits per heavy atom. The van der Waals surface area contributed by atoms with Crippen molar-refractivity contribution >= 4 is 6.08 Å². The molecule has 1 aliphatic heterocycles. The molecule has 7 heteroatoms. The van der Waals surface area contributed by atoms with Gasteiger partial charge >= 0.3 is 5.69 Å². The number of nitrogens with zero attached hydrogens (tertiary/aromatic N) is 1. The van der Waals surface area contributed by atoms with Gasteiger partial charge in [-0.05, 0) is 6.42 Å². The third-order valence-corrected chi connectivity index (χ3v) is 3.71. The summed E-state index contributed by atoms with van der Waals surface area (Å²) in [6, 6.07) is 0. The van der Waals surface area contributed by atoms with Gasteiger partial charge in [-0.2, -0.15) is 0 Å². The third-order valence-electron chi connectivity index (χ3n) is 3.71. The van der Waals surface area contributed by atoms with Crippen molar-refractivity contribution in [3.8, 4) is 0 Å². The molecule has 1 saturated heterocycles.